The molecule has 0 aliphatic carbocycles. The summed E-state index contributed by atoms with van der Waals surface area (Å²) in [4.78, 5) is 42.2. The van der Waals surface area contributed by atoms with Gasteiger partial charge in [-0.25, -0.2) is 4.79 Å². The van der Waals surface area contributed by atoms with Gasteiger partial charge in [-0.05, 0) is 44.9 Å². The second kappa shape index (κ2) is 8.49. The van der Waals surface area contributed by atoms with E-state index >= 15 is 0 Å². The van der Waals surface area contributed by atoms with Gasteiger partial charge in [0.15, 0.2) is 0 Å². The van der Waals surface area contributed by atoms with E-state index in [1.807, 2.05) is 32.9 Å². The molecule has 1 aromatic carbocycles. The predicted octanol–water partition coefficient (Wildman–Crippen LogP) is 1.95. The van der Waals surface area contributed by atoms with E-state index in [1.54, 1.807) is 4.90 Å². The molecule has 3 fully saturated rings. The van der Waals surface area contributed by atoms with Gasteiger partial charge in [0.1, 0.15) is 5.60 Å². The minimum Gasteiger partial charge on any atom is -0.444 e. The normalized spacial score (nSPS) is 23.4. The Bertz CT molecular complexity index is 834. The van der Waals surface area contributed by atoms with Crippen LogP contribution >= 0.6 is 0 Å². The zero-order valence-electron chi connectivity index (χ0n) is 18.6. The number of nitrogens with one attached hydrogen (secondary N) is 1. The van der Waals surface area contributed by atoms with E-state index in [9.17, 15) is 14.4 Å². The largest absolute Gasteiger partial charge is 0.444 e. The number of hydrogen-bond acceptors (Lipinski definition) is 6. The van der Waals surface area contributed by atoms with Crippen molar-refractivity contribution in [3.05, 3.63) is 29.8 Å². The third-order valence-electron chi connectivity index (χ3n) is 6.24. The molecule has 8 nitrogen and oxygen atoms in total. The summed E-state index contributed by atoms with van der Waals surface area (Å²) < 4.78 is 5.47. The van der Waals surface area contributed by atoms with Crippen molar-refractivity contribution in [2.75, 3.05) is 44.2 Å². The fourth-order valence-corrected chi connectivity index (χ4v) is 4.42. The van der Waals surface area contributed by atoms with Crippen LogP contribution in [0.25, 0.3) is 0 Å². The first-order valence-electron chi connectivity index (χ1n) is 11.1. The van der Waals surface area contributed by atoms with Gasteiger partial charge in [0, 0.05) is 57.4 Å². The Balaban J connectivity index is 1.24. The molecular weight excluding hydrogens is 396 g/mol. The number of piperazine rings is 1. The number of amides is 3. The number of anilines is 1. The Labute approximate surface area is 183 Å². The molecule has 1 N–H and O–H groups in total. The lowest BCUT2D eigenvalue weighted by atomic mass is 9.90. The number of piperidine rings is 1. The van der Waals surface area contributed by atoms with Crippen LogP contribution in [-0.2, 0) is 14.3 Å². The monoisotopic (exact) mass is 428 g/mol. The number of rotatable bonds is 3. The number of carbonyl (C=O) groups is 3. The number of carbonyl (C=O) groups excluding carboxylic acids is 3. The Morgan fingerprint density at radius 1 is 1.03 bits per heavy atom. The van der Waals surface area contributed by atoms with E-state index in [0.717, 1.165) is 37.4 Å². The van der Waals surface area contributed by atoms with Crippen LogP contribution in [0.15, 0.2) is 24.3 Å². The Hall–Kier alpha value is -2.61. The summed E-state index contributed by atoms with van der Waals surface area (Å²) in [6.07, 6.45) is 0.747. The molecule has 3 saturated heterocycles. The van der Waals surface area contributed by atoms with Gasteiger partial charge in [0.25, 0.3) is 0 Å². The molecule has 31 heavy (non-hydrogen) atoms. The van der Waals surface area contributed by atoms with Gasteiger partial charge in [-0.1, -0.05) is 12.1 Å². The highest BCUT2D eigenvalue weighted by Gasteiger charge is 2.35. The van der Waals surface area contributed by atoms with Crippen LogP contribution in [0.3, 0.4) is 0 Å². The summed E-state index contributed by atoms with van der Waals surface area (Å²) in [7, 11) is 0. The second-order valence-electron chi connectivity index (χ2n) is 9.66. The van der Waals surface area contributed by atoms with Gasteiger partial charge in [-0.15, -0.1) is 0 Å². The van der Waals surface area contributed by atoms with E-state index in [2.05, 4.69) is 27.2 Å². The third-order valence-corrected chi connectivity index (χ3v) is 6.24. The van der Waals surface area contributed by atoms with Crippen molar-refractivity contribution in [2.24, 2.45) is 0 Å². The SMILES string of the molecule is CC(C)(C)OC(=O)N1CCN(C2CN(c3ccc([C@@H]4CCC(=O)NC4=O)cc3)C2)CC1. The first-order chi connectivity index (χ1) is 14.7. The minimum absolute atomic E-state index is 0.184. The number of ether oxygens (including phenoxy) is 1. The highest BCUT2D eigenvalue weighted by atomic mass is 16.6. The first-order valence-corrected chi connectivity index (χ1v) is 11.1. The standard InChI is InChI=1S/C23H32N4O4/c1-23(2,3)31-22(30)26-12-10-25(11-13-26)18-14-27(15-18)17-6-4-16(5-7-17)19-8-9-20(28)24-21(19)29/h4-7,18-19H,8-15H2,1-3H3,(H,24,28,29)/t19-/m0/s1. The first kappa shape index (κ1) is 21.6. The molecule has 0 bridgehead atoms. The average Bonchev–Trinajstić information content (AvgIpc) is 2.67. The van der Waals surface area contributed by atoms with Crippen molar-refractivity contribution < 1.29 is 19.1 Å². The maximum absolute atomic E-state index is 12.2. The summed E-state index contributed by atoms with van der Waals surface area (Å²) in [5, 5.41) is 2.42. The van der Waals surface area contributed by atoms with E-state index < -0.39 is 5.60 Å². The van der Waals surface area contributed by atoms with Gasteiger partial charge in [-0.2, -0.15) is 0 Å². The molecule has 3 aliphatic heterocycles. The summed E-state index contributed by atoms with van der Waals surface area (Å²) in [6.45, 7) is 10.7. The minimum atomic E-state index is -0.462. The molecule has 3 amide bonds. The Morgan fingerprint density at radius 2 is 1.68 bits per heavy atom. The van der Waals surface area contributed by atoms with Crippen molar-refractivity contribution in [3.63, 3.8) is 0 Å². The molecular formula is C23H32N4O4. The van der Waals surface area contributed by atoms with Crippen LogP contribution in [0, 0.1) is 0 Å². The van der Waals surface area contributed by atoms with Crippen molar-refractivity contribution in [3.8, 4) is 0 Å². The summed E-state index contributed by atoms with van der Waals surface area (Å²) in [5.41, 5.74) is 1.65. The van der Waals surface area contributed by atoms with Crippen molar-refractivity contribution in [1.82, 2.24) is 15.1 Å². The zero-order valence-corrected chi connectivity index (χ0v) is 18.6. The molecule has 3 aliphatic rings. The quantitative estimate of drug-likeness (QED) is 0.741. The van der Waals surface area contributed by atoms with E-state index in [1.165, 1.54) is 0 Å². The average molecular weight is 429 g/mol. The Morgan fingerprint density at radius 3 is 2.26 bits per heavy atom. The smallest absolute Gasteiger partial charge is 0.410 e. The van der Waals surface area contributed by atoms with Gasteiger partial charge < -0.3 is 14.5 Å². The number of benzene rings is 1. The summed E-state index contributed by atoms with van der Waals surface area (Å²) in [5.74, 6) is -0.618. The topological polar surface area (TPSA) is 82.2 Å². The third kappa shape index (κ3) is 5.01. The van der Waals surface area contributed by atoms with Crippen LogP contribution in [0.4, 0.5) is 10.5 Å². The molecule has 168 valence electrons. The van der Waals surface area contributed by atoms with Crippen molar-refractivity contribution >= 4 is 23.6 Å². The molecule has 4 rings (SSSR count). The second-order valence-corrected chi connectivity index (χ2v) is 9.66. The maximum atomic E-state index is 12.2. The molecule has 1 atom stereocenters. The van der Waals surface area contributed by atoms with Gasteiger partial charge in [0.05, 0.1) is 5.92 Å². The highest BCUT2D eigenvalue weighted by Crippen LogP contribution is 2.29. The maximum Gasteiger partial charge on any atom is 0.410 e. The fraction of sp³-hybridized carbons (Fsp3) is 0.609. The van der Waals surface area contributed by atoms with E-state index in [-0.39, 0.29) is 23.8 Å². The van der Waals surface area contributed by atoms with Crippen LogP contribution < -0.4 is 10.2 Å². The lowest BCUT2D eigenvalue weighted by Gasteiger charge is -2.49. The highest BCUT2D eigenvalue weighted by molar-refractivity contribution is 6.00. The molecule has 0 spiro atoms. The van der Waals surface area contributed by atoms with E-state index in [0.29, 0.717) is 32.0 Å². The molecule has 3 heterocycles. The van der Waals surface area contributed by atoms with Crippen molar-refractivity contribution in [1.29, 1.82) is 0 Å². The fourth-order valence-electron chi connectivity index (χ4n) is 4.42. The van der Waals surface area contributed by atoms with E-state index in [4.69, 9.17) is 4.74 Å². The summed E-state index contributed by atoms with van der Waals surface area (Å²) in [6, 6.07) is 8.63. The molecule has 0 saturated carbocycles. The molecule has 0 unspecified atom stereocenters. The number of imide groups is 1. The van der Waals surface area contributed by atoms with Crippen LogP contribution in [0.2, 0.25) is 0 Å². The van der Waals surface area contributed by atoms with Gasteiger partial charge in [0.2, 0.25) is 11.8 Å². The molecule has 0 aromatic heterocycles. The van der Waals surface area contributed by atoms with Crippen molar-refractivity contribution in [2.45, 2.75) is 51.2 Å². The lowest BCUT2D eigenvalue weighted by molar-refractivity contribution is -0.134. The zero-order chi connectivity index (χ0) is 22.2. The molecule has 8 heteroatoms. The number of nitrogens with zero attached hydrogens (tertiary/aromatic N) is 3. The lowest BCUT2D eigenvalue weighted by Crippen LogP contribution is -2.63. The van der Waals surface area contributed by atoms with Gasteiger partial charge >= 0.3 is 6.09 Å². The van der Waals surface area contributed by atoms with Gasteiger partial charge in [-0.3, -0.25) is 19.8 Å². The van der Waals surface area contributed by atoms with Crippen LogP contribution in [0.1, 0.15) is 45.1 Å². The predicted molar refractivity (Wildman–Crippen MR) is 117 cm³/mol. The van der Waals surface area contributed by atoms with Crippen LogP contribution in [-0.4, -0.2) is 78.6 Å². The summed E-state index contributed by atoms with van der Waals surface area (Å²) >= 11 is 0. The molecule has 0 radical (unpaired) electrons. The molecule has 1 aromatic rings. The number of hydrogen-bond donors (Lipinski definition) is 1. The Kier molecular flexibility index (Phi) is 5.92. The van der Waals surface area contributed by atoms with Crippen LogP contribution in [0.5, 0.6) is 0 Å².